The molecule has 2 aromatic heterocycles. The lowest BCUT2D eigenvalue weighted by Gasteiger charge is -2.41. The van der Waals surface area contributed by atoms with Crippen molar-refractivity contribution in [2.75, 3.05) is 50.8 Å². The van der Waals surface area contributed by atoms with Crippen LogP contribution >= 0.6 is 0 Å². The number of aromatic nitrogens is 4. The van der Waals surface area contributed by atoms with E-state index in [4.69, 9.17) is 9.88 Å². The summed E-state index contributed by atoms with van der Waals surface area (Å²) in [5.41, 5.74) is -0.819. The number of hydrogen-bond donors (Lipinski definition) is 3. The first-order valence-corrected chi connectivity index (χ1v) is 26.8. The fourth-order valence-electron chi connectivity index (χ4n) is 11.1. The molecule has 3 saturated heterocycles. The Balaban J connectivity index is 0.757. The number of nitrogens with one attached hydrogen (secondary N) is 1. The SMILES string of the molecule is CC(C)(O)Cn1cc(-c2nc(N(c3ccc(S(N)(=O)=O)cc3F)C3CCC(CN4CCC(CN5CCC(OCC#Cc6cccc7c6CN(C6CCC(=O)NC6=O)C7=O)CC5)CC4)CC3)ncc2C(F)(F)F)cn1. The minimum Gasteiger partial charge on any atom is -0.389 e. The van der Waals surface area contributed by atoms with Crippen LogP contribution in [0.15, 0.2) is 59.9 Å². The number of carbonyl (C=O) groups excluding carboxylic acids is 3. The molecule has 396 valence electrons. The lowest BCUT2D eigenvalue weighted by Crippen LogP contribution is -2.52. The van der Waals surface area contributed by atoms with Crippen LogP contribution in [0.3, 0.4) is 0 Å². The van der Waals surface area contributed by atoms with Crippen molar-refractivity contribution in [3.63, 3.8) is 0 Å². The van der Waals surface area contributed by atoms with Crippen molar-refractivity contribution in [3.8, 4) is 23.1 Å². The average molecular weight is 1050 g/mol. The van der Waals surface area contributed by atoms with Crippen LogP contribution in [0.4, 0.5) is 29.2 Å². The van der Waals surface area contributed by atoms with Crippen LogP contribution in [0, 0.1) is 29.5 Å². The molecule has 6 heterocycles. The molecule has 0 bridgehead atoms. The highest BCUT2D eigenvalue weighted by Gasteiger charge is 2.41. The van der Waals surface area contributed by atoms with E-state index >= 15 is 4.39 Å². The lowest BCUT2D eigenvalue weighted by molar-refractivity contribution is -0.138. The van der Waals surface area contributed by atoms with Gasteiger partial charge in [-0.25, -0.2) is 27.9 Å². The number of aliphatic hydroxyl groups is 1. The first kappa shape index (κ1) is 53.0. The first-order valence-electron chi connectivity index (χ1n) is 25.3. The van der Waals surface area contributed by atoms with E-state index in [1.807, 2.05) is 6.07 Å². The van der Waals surface area contributed by atoms with Gasteiger partial charge in [-0.3, -0.25) is 24.4 Å². The van der Waals surface area contributed by atoms with Gasteiger partial charge in [0.1, 0.15) is 24.0 Å². The third kappa shape index (κ3) is 12.5. The molecule has 74 heavy (non-hydrogen) atoms. The van der Waals surface area contributed by atoms with Gasteiger partial charge < -0.3 is 29.4 Å². The monoisotopic (exact) mass is 1050 g/mol. The quantitative estimate of drug-likeness (QED) is 0.0797. The van der Waals surface area contributed by atoms with Gasteiger partial charge in [0.25, 0.3) is 5.91 Å². The number of hydrogen-bond acceptors (Lipinski definition) is 13. The van der Waals surface area contributed by atoms with Gasteiger partial charge in [0.05, 0.1) is 40.7 Å². The maximum atomic E-state index is 16.0. The highest BCUT2D eigenvalue weighted by Crippen LogP contribution is 2.41. The maximum Gasteiger partial charge on any atom is 0.419 e. The van der Waals surface area contributed by atoms with Crippen LogP contribution in [-0.4, -0.2) is 135 Å². The second-order valence-electron chi connectivity index (χ2n) is 21.0. The molecule has 4 fully saturated rings. The van der Waals surface area contributed by atoms with E-state index in [2.05, 4.69) is 42.0 Å². The van der Waals surface area contributed by atoms with Crippen LogP contribution in [0.5, 0.6) is 0 Å². The number of ether oxygens (including phenoxy) is 1. The van der Waals surface area contributed by atoms with Crippen LogP contribution in [-0.2, 0) is 43.6 Å². The summed E-state index contributed by atoms with van der Waals surface area (Å²) in [6, 6.07) is 7.49. The number of nitrogens with two attached hydrogens (primary N) is 1. The largest absolute Gasteiger partial charge is 0.419 e. The minimum atomic E-state index is -4.84. The smallest absolute Gasteiger partial charge is 0.389 e. The van der Waals surface area contributed by atoms with Gasteiger partial charge in [-0.15, -0.1) is 0 Å². The van der Waals surface area contributed by atoms with Crippen molar-refractivity contribution in [2.24, 2.45) is 17.0 Å². The van der Waals surface area contributed by atoms with E-state index in [0.717, 1.165) is 101 Å². The summed E-state index contributed by atoms with van der Waals surface area (Å²) in [7, 11) is -4.26. The maximum absolute atomic E-state index is 16.0. The summed E-state index contributed by atoms with van der Waals surface area (Å²) in [6.45, 7) is 9.36. The van der Waals surface area contributed by atoms with Gasteiger partial charge in [-0.1, -0.05) is 17.9 Å². The third-order valence-electron chi connectivity index (χ3n) is 14.9. The van der Waals surface area contributed by atoms with Crippen molar-refractivity contribution in [2.45, 2.75) is 126 Å². The summed E-state index contributed by atoms with van der Waals surface area (Å²) in [5, 5.41) is 22.1. The van der Waals surface area contributed by atoms with Crippen molar-refractivity contribution in [3.05, 3.63) is 83.1 Å². The number of fused-ring (bicyclic) bond motifs is 1. The molecule has 1 aliphatic carbocycles. The topological polar surface area (TPSA) is 209 Å². The molecular formula is C52H62F4N10O7S. The number of piperidine rings is 3. The molecule has 9 rings (SSSR count). The highest BCUT2D eigenvalue weighted by molar-refractivity contribution is 7.89. The second kappa shape index (κ2) is 21.8. The Morgan fingerprint density at radius 1 is 0.919 bits per heavy atom. The fraction of sp³-hybridized carbons (Fsp3) is 0.538. The summed E-state index contributed by atoms with van der Waals surface area (Å²) in [4.78, 5) is 53.5. The Morgan fingerprint density at radius 2 is 1.61 bits per heavy atom. The molecule has 4 N–H and O–H groups in total. The molecule has 1 saturated carbocycles. The molecular weight excluding hydrogens is 985 g/mol. The minimum absolute atomic E-state index is 0.00166. The predicted molar refractivity (Wildman–Crippen MR) is 264 cm³/mol. The van der Waals surface area contributed by atoms with Gasteiger partial charge >= 0.3 is 6.18 Å². The van der Waals surface area contributed by atoms with E-state index in [9.17, 15) is 41.1 Å². The lowest BCUT2D eigenvalue weighted by atomic mass is 9.84. The molecule has 5 aliphatic rings. The molecule has 0 radical (unpaired) electrons. The number of halogens is 4. The number of likely N-dealkylation sites (tertiary alicyclic amines) is 2. The predicted octanol–water partition coefficient (Wildman–Crippen LogP) is 5.62. The molecule has 3 amide bonds. The van der Waals surface area contributed by atoms with Gasteiger partial charge in [0.15, 0.2) is 0 Å². The number of sulfonamides is 1. The number of rotatable bonds is 14. The number of alkyl halides is 3. The van der Waals surface area contributed by atoms with E-state index < -0.39 is 61.8 Å². The molecule has 4 aliphatic heterocycles. The van der Waals surface area contributed by atoms with Crippen molar-refractivity contribution >= 4 is 39.4 Å². The number of carbonyl (C=O) groups is 3. The summed E-state index contributed by atoms with van der Waals surface area (Å²) in [6.07, 6.45) is 5.60. The van der Waals surface area contributed by atoms with Crippen LogP contribution < -0.4 is 15.4 Å². The highest BCUT2D eigenvalue weighted by atomic mass is 32.2. The second-order valence-corrected chi connectivity index (χ2v) is 22.5. The van der Waals surface area contributed by atoms with Crippen molar-refractivity contribution in [1.29, 1.82) is 0 Å². The molecule has 1 unspecified atom stereocenters. The number of nitrogens with zero attached hydrogens (tertiary/aromatic N) is 8. The van der Waals surface area contributed by atoms with E-state index in [0.29, 0.717) is 42.9 Å². The summed E-state index contributed by atoms with van der Waals surface area (Å²) >= 11 is 0. The average Bonchev–Trinajstić information content (AvgIpc) is 3.95. The summed E-state index contributed by atoms with van der Waals surface area (Å²) in [5.74, 6) is 5.10. The van der Waals surface area contributed by atoms with E-state index in [1.54, 1.807) is 26.0 Å². The normalized spacial score (nSPS) is 21.9. The first-order chi connectivity index (χ1) is 35.2. The van der Waals surface area contributed by atoms with Crippen LogP contribution in [0.1, 0.15) is 105 Å². The number of amides is 3. The Hall–Kier alpha value is -5.83. The van der Waals surface area contributed by atoms with Gasteiger partial charge in [0.2, 0.25) is 27.8 Å². The number of benzene rings is 2. The van der Waals surface area contributed by atoms with E-state index in [1.165, 1.54) is 32.9 Å². The van der Waals surface area contributed by atoms with Gasteiger partial charge in [-0.05, 0) is 132 Å². The standard InChI is InChI=1S/C52H62F4N10O7S/c1-51(2,70)32-64-30-36(26-59-64)47-42(52(54,55)56)27-58-50(61-47)66(44-13-12-39(25-43(44)53)74(57,71)72)37-10-8-33(9-11-37)28-62-20-16-34(17-21-62)29-63-22-18-38(19-23-63)73-24-4-6-35-5-3-7-40-41(35)31-65(49(40)69)45-14-15-46(67)60-48(45)68/h3,5,7,12-13,25-27,30,33-34,37-38,45,70H,8-11,14-24,28-29,31-32H2,1-2H3,(H2,57,71,72)(H,60,67,68). The number of imide groups is 1. The molecule has 2 aromatic carbocycles. The summed E-state index contributed by atoms with van der Waals surface area (Å²) < 4.78 is 91.2. The number of primary sulfonamides is 1. The Labute approximate surface area is 427 Å². The molecule has 1 atom stereocenters. The van der Waals surface area contributed by atoms with E-state index in [-0.39, 0.29) is 61.2 Å². The molecule has 22 heteroatoms. The number of anilines is 2. The fourth-order valence-corrected chi connectivity index (χ4v) is 11.7. The zero-order valence-corrected chi connectivity index (χ0v) is 42.3. The van der Waals surface area contributed by atoms with Gasteiger partial charge in [-0.2, -0.15) is 18.3 Å². The molecule has 0 spiro atoms. The Bertz CT molecular complexity index is 2910. The Kier molecular flexibility index (Phi) is 15.6. The van der Waals surface area contributed by atoms with Crippen molar-refractivity contribution < 1.29 is 50.2 Å². The third-order valence-corrected chi connectivity index (χ3v) is 15.8. The van der Waals surface area contributed by atoms with Crippen LogP contribution in [0.2, 0.25) is 0 Å². The molecule has 17 nitrogen and oxygen atoms in total. The van der Waals surface area contributed by atoms with Crippen molar-refractivity contribution in [1.82, 2.24) is 39.8 Å². The molecule has 4 aromatic rings. The zero-order chi connectivity index (χ0) is 52.5. The Morgan fingerprint density at radius 3 is 2.26 bits per heavy atom. The van der Waals surface area contributed by atoms with Crippen LogP contribution in [0.25, 0.3) is 11.3 Å². The van der Waals surface area contributed by atoms with Gasteiger partial charge in [0, 0.05) is 74.3 Å². The zero-order valence-electron chi connectivity index (χ0n) is 41.5.